The van der Waals surface area contributed by atoms with Crippen molar-refractivity contribution >= 4 is 17.3 Å². The van der Waals surface area contributed by atoms with Gasteiger partial charge in [-0.15, -0.1) is 0 Å². The SMILES string of the molecule is CCCCN(CCO)CCC(=O)Nc1ccc(F)cc1N. The van der Waals surface area contributed by atoms with Gasteiger partial charge in [0.1, 0.15) is 5.82 Å². The normalized spacial score (nSPS) is 10.9. The number of carbonyl (C=O) groups excluding carboxylic acids is 1. The van der Waals surface area contributed by atoms with Gasteiger partial charge in [-0.05, 0) is 31.2 Å². The number of nitrogens with one attached hydrogen (secondary N) is 1. The number of nitrogen functional groups attached to an aromatic ring is 1. The second-order valence-electron chi connectivity index (χ2n) is 4.95. The van der Waals surface area contributed by atoms with Crippen molar-refractivity contribution in [3.05, 3.63) is 24.0 Å². The summed E-state index contributed by atoms with van der Waals surface area (Å²) >= 11 is 0. The highest BCUT2D eigenvalue weighted by Crippen LogP contribution is 2.19. The van der Waals surface area contributed by atoms with Gasteiger partial charge in [0.2, 0.25) is 5.91 Å². The van der Waals surface area contributed by atoms with E-state index in [4.69, 9.17) is 10.8 Å². The van der Waals surface area contributed by atoms with Crippen LogP contribution < -0.4 is 11.1 Å². The number of anilines is 2. The van der Waals surface area contributed by atoms with Crippen molar-refractivity contribution in [2.75, 3.05) is 37.3 Å². The highest BCUT2D eigenvalue weighted by atomic mass is 19.1. The van der Waals surface area contributed by atoms with E-state index in [0.717, 1.165) is 19.4 Å². The van der Waals surface area contributed by atoms with Gasteiger partial charge in [-0.2, -0.15) is 0 Å². The zero-order valence-corrected chi connectivity index (χ0v) is 12.4. The molecule has 0 saturated heterocycles. The molecule has 0 aliphatic heterocycles. The van der Waals surface area contributed by atoms with E-state index in [1.54, 1.807) is 0 Å². The fraction of sp³-hybridized carbons (Fsp3) is 0.533. The molecule has 0 aliphatic rings. The molecular formula is C15H24FN3O2. The Hall–Kier alpha value is -1.66. The van der Waals surface area contributed by atoms with Crippen molar-refractivity contribution in [1.29, 1.82) is 0 Å². The van der Waals surface area contributed by atoms with Crippen LogP contribution in [0, 0.1) is 5.82 Å². The summed E-state index contributed by atoms with van der Waals surface area (Å²) in [5.41, 5.74) is 6.27. The summed E-state index contributed by atoms with van der Waals surface area (Å²) in [4.78, 5) is 13.9. The fourth-order valence-electron chi connectivity index (χ4n) is 1.98. The van der Waals surface area contributed by atoms with Crippen LogP contribution in [0.3, 0.4) is 0 Å². The Bertz CT molecular complexity index is 455. The van der Waals surface area contributed by atoms with Gasteiger partial charge in [0.15, 0.2) is 0 Å². The van der Waals surface area contributed by atoms with Crippen molar-refractivity contribution in [3.63, 3.8) is 0 Å². The largest absolute Gasteiger partial charge is 0.397 e. The number of halogens is 1. The molecule has 6 heteroatoms. The summed E-state index contributed by atoms with van der Waals surface area (Å²) in [6, 6.07) is 3.88. The van der Waals surface area contributed by atoms with Crippen LogP contribution in [0.4, 0.5) is 15.8 Å². The van der Waals surface area contributed by atoms with E-state index in [2.05, 4.69) is 17.1 Å². The van der Waals surface area contributed by atoms with E-state index in [1.807, 2.05) is 0 Å². The lowest BCUT2D eigenvalue weighted by Gasteiger charge is -2.20. The number of benzene rings is 1. The van der Waals surface area contributed by atoms with Crippen LogP contribution in [-0.2, 0) is 4.79 Å². The molecule has 1 amide bonds. The van der Waals surface area contributed by atoms with E-state index < -0.39 is 5.82 Å². The minimum Gasteiger partial charge on any atom is -0.397 e. The molecule has 4 N–H and O–H groups in total. The molecule has 0 heterocycles. The molecule has 0 unspecified atom stereocenters. The van der Waals surface area contributed by atoms with Crippen molar-refractivity contribution in [3.8, 4) is 0 Å². The fourth-order valence-corrected chi connectivity index (χ4v) is 1.98. The Morgan fingerprint density at radius 2 is 2.14 bits per heavy atom. The Kier molecular flexibility index (Phi) is 7.71. The van der Waals surface area contributed by atoms with E-state index in [0.29, 0.717) is 25.2 Å². The van der Waals surface area contributed by atoms with Gasteiger partial charge in [0.05, 0.1) is 18.0 Å². The Labute approximate surface area is 124 Å². The lowest BCUT2D eigenvalue weighted by atomic mass is 10.2. The zero-order valence-electron chi connectivity index (χ0n) is 12.4. The molecule has 1 rings (SSSR count). The van der Waals surface area contributed by atoms with Gasteiger partial charge >= 0.3 is 0 Å². The van der Waals surface area contributed by atoms with Crippen LogP contribution in [0.15, 0.2) is 18.2 Å². The predicted molar refractivity (Wildman–Crippen MR) is 82.5 cm³/mol. The number of hydrogen-bond donors (Lipinski definition) is 3. The topological polar surface area (TPSA) is 78.6 Å². The predicted octanol–water partition coefficient (Wildman–Crippen LogP) is 1.83. The van der Waals surface area contributed by atoms with Crippen molar-refractivity contribution in [2.24, 2.45) is 0 Å². The summed E-state index contributed by atoms with van der Waals surface area (Å²) in [5.74, 6) is -0.605. The summed E-state index contributed by atoms with van der Waals surface area (Å²) in [5, 5.41) is 11.7. The van der Waals surface area contributed by atoms with Gasteiger partial charge in [-0.25, -0.2) is 4.39 Å². The molecule has 0 fully saturated rings. The van der Waals surface area contributed by atoms with Gasteiger partial charge < -0.3 is 21.1 Å². The minimum atomic E-state index is -0.431. The molecule has 21 heavy (non-hydrogen) atoms. The van der Waals surface area contributed by atoms with E-state index in [1.165, 1.54) is 18.2 Å². The molecule has 0 atom stereocenters. The highest BCUT2D eigenvalue weighted by molar-refractivity contribution is 5.93. The maximum Gasteiger partial charge on any atom is 0.225 e. The average molecular weight is 297 g/mol. The Morgan fingerprint density at radius 3 is 2.76 bits per heavy atom. The molecule has 0 radical (unpaired) electrons. The third-order valence-corrected chi connectivity index (χ3v) is 3.19. The summed E-state index contributed by atoms with van der Waals surface area (Å²) in [6.07, 6.45) is 2.41. The third kappa shape index (κ3) is 6.55. The van der Waals surface area contributed by atoms with Crippen LogP contribution in [-0.4, -0.2) is 42.2 Å². The number of nitrogens with two attached hydrogens (primary N) is 1. The van der Waals surface area contributed by atoms with Crippen molar-refractivity contribution in [1.82, 2.24) is 4.90 Å². The molecule has 1 aromatic carbocycles. The molecule has 5 nitrogen and oxygen atoms in total. The summed E-state index contributed by atoms with van der Waals surface area (Å²) < 4.78 is 12.9. The number of aliphatic hydroxyl groups is 1. The van der Waals surface area contributed by atoms with E-state index in [9.17, 15) is 9.18 Å². The van der Waals surface area contributed by atoms with Gasteiger partial charge in [-0.1, -0.05) is 13.3 Å². The Balaban J connectivity index is 2.44. The standard InChI is InChI=1S/C15H24FN3O2/c1-2-3-7-19(9-10-20)8-6-15(21)18-14-5-4-12(16)11-13(14)17/h4-5,11,20H,2-3,6-10,17H2,1H3,(H,18,21). The highest BCUT2D eigenvalue weighted by Gasteiger charge is 2.09. The van der Waals surface area contributed by atoms with Crippen LogP contribution >= 0.6 is 0 Å². The van der Waals surface area contributed by atoms with Gasteiger partial charge in [0.25, 0.3) is 0 Å². The number of amides is 1. The average Bonchev–Trinajstić information content (AvgIpc) is 2.45. The number of nitrogens with zero attached hydrogens (tertiary/aromatic N) is 1. The maximum atomic E-state index is 12.9. The van der Waals surface area contributed by atoms with Crippen LogP contribution in [0.2, 0.25) is 0 Å². The quantitative estimate of drug-likeness (QED) is 0.608. The van der Waals surface area contributed by atoms with Crippen molar-refractivity contribution in [2.45, 2.75) is 26.2 Å². The molecule has 0 bridgehead atoms. The first-order chi connectivity index (χ1) is 10.1. The van der Waals surface area contributed by atoms with Crippen LogP contribution in [0.5, 0.6) is 0 Å². The first-order valence-corrected chi connectivity index (χ1v) is 7.25. The first-order valence-electron chi connectivity index (χ1n) is 7.25. The van der Waals surface area contributed by atoms with Crippen molar-refractivity contribution < 1.29 is 14.3 Å². The van der Waals surface area contributed by atoms with Gasteiger partial charge in [0, 0.05) is 19.5 Å². The number of rotatable bonds is 9. The zero-order chi connectivity index (χ0) is 15.7. The summed E-state index contributed by atoms with van der Waals surface area (Å²) in [7, 11) is 0. The summed E-state index contributed by atoms with van der Waals surface area (Å²) in [6.45, 7) is 4.18. The number of unbranched alkanes of at least 4 members (excludes halogenated alkanes) is 1. The molecule has 118 valence electrons. The maximum absolute atomic E-state index is 12.9. The molecular weight excluding hydrogens is 273 g/mol. The van der Waals surface area contributed by atoms with E-state index in [-0.39, 0.29) is 18.2 Å². The second-order valence-corrected chi connectivity index (χ2v) is 4.95. The minimum absolute atomic E-state index is 0.0796. The Morgan fingerprint density at radius 1 is 1.38 bits per heavy atom. The van der Waals surface area contributed by atoms with Crippen LogP contribution in [0.1, 0.15) is 26.2 Å². The second kappa shape index (κ2) is 9.31. The first kappa shape index (κ1) is 17.4. The number of hydrogen-bond acceptors (Lipinski definition) is 4. The third-order valence-electron chi connectivity index (χ3n) is 3.19. The van der Waals surface area contributed by atoms with Gasteiger partial charge in [-0.3, -0.25) is 4.79 Å². The monoisotopic (exact) mass is 297 g/mol. The lowest BCUT2D eigenvalue weighted by Crippen LogP contribution is -2.31. The molecule has 0 aromatic heterocycles. The smallest absolute Gasteiger partial charge is 0.225 e. The lowest BCUT2D eigenvalue weighted by molar-refractivity contribution is -0.116. The van der Waals surface area contributed by atoms with Crippen LogP contribution in [0.25, 0.3) is 0 Å². The number of carbonyl (C=O) groups is 1. The number of aliphatic hydroxyl groups excluding tert-OH is 1. The molecule has 0 saturated carbocycles. The molecule has 1 aromatic rings. The molecule has 0 aliphatic carbocycles. The van der Waals surface area contributed by atoms with E-state index >= 15 is 0 Å². The molecule has 0 spiro atoms.